The van der Waals surface area contributed by atoms with E-state index in [1.807, 2.05) is 97.1 Å². The van der Waals surface area contributed by atoms with Gasteiger partial charge in [0.25, 0.3) is 0 Å². The maximum absolute atomic E-state index is 14.7. The SMILES string of the molecule is O=C1C2[C@@H](c3ccc(Cl)cc3)[NH2+][C@@H](c3ccc(Cl)cc3)C1[C@H](c1ccc(Cl)cc1)[NH2+][C@H]2c1ccc(Cl)cc1. The molecule has 192 valence electrons. The summed E-state index contributed by atoms with van der Waals surface area (Å²) in [4.78, 5) is 14.7. The summed E-state index contributed by atoms with van der Waals surface area (Å²) in [6, 6.07) is 31.2. The van der Waals surface area contributed by atoms with Crippen molar-refractivity contribution in [2.75, 3.05) is 0 Å². The average Bonchev–Trinajstić information content (AvgIpc) is 2.91. The number of carbonyl (C=O) groups is 1. The molecular weight excluding hydrogens is 558 g/mol. The Morgan fingerprint density at radius 3 is 0.816 bits per heavy atom. The molecule has 2 aliphatic heterocycles. The smallest absolute Gasteiger partial charge is 0.164 e. The maximum Gasteiger partial charge on any atom is 0.164 e. The second kappa shape index (κ2) is 10.7. The number of Topliss-reactive ketones (excluding diaryl/α,β-unsaturated/α-hetero) is 1. The predicted octanol–water partition coefficient (Wildman–Crippen LogP) is 6.52. The highest BCUT2D eigenvalue weighted by Gasteiger charge is 2.60. The largest absolute Gasteiger partial charge is 0.332 e. The van der Waals surface area contributed by atoms with Crippen LogP contribution in [0.25, 0.3) is 0 Å². The van der Waals surface area contributed by atoms with E-state index >= 15 is 0 Å². The van der Waals surface area contributed by atoms with Gasteiger partial charge in [-0.15, -0.1) is 0 Å². The van der Waals surface area contributed by atoms with Crippen molar-refractivity contribution in [3.8, 4) is 0 Å². The number of piperidine rings is 2. The van der Waals surface area contributed by atoms with Gasteiger partial charge in [0.05, 0.1) is 0 Å². The molecule has 4 N–H and O–H groups in total. The first-order valence-electron chi connectivity index (χ1n) is 12.6. The van der Waals surface area contributed by atoms with Gasteiger partial charge in [0.1, 0.15) is 36.0 Å². The number of rotatable bonds is 4. The summed E-state index contributed by atoms with van der Waals surface area (Å²) in [6.07, 6.45) is 0. The molecule has 2 unspecified atom stereocenters. The second-order valence-electron chi connectivity index (χ2n) is 10.1. The summed E-state index contributed by atoms with van der Waals surface area (Å²) in [5.74, 6) is -0.210. The molecule has 0 saturated carbocycles. The Balaban J connectivity index is 1.51. The van der Waals surface area contributed by atoms with Crippen LogP contribution in [-0.4, -0.2) is 5.78 Å². The minimum Gasteiger partial charge on any atom is -0.332 e. The van der Waals surface area contributed by atoms with Gasteiger partial charge in [0, 0.05) is 42.3 Å². The molecule has 0 spiro atoms. The molecule has 0 amide bonds. The summed E-state index contributed by atoms with van der Waals surface area (Å²) in [5, 5.41) is 7.46. The van der Waals surface area contributed by atoms with Crippen molar-refractivity contribution in [3.63, 3.8) is 0 Å². The van der Waals surface area contributed by atoms with Crippen LogP contribution in [0.4, 0.5) is 0 Å². The Morgan fingerprint density at radius 1 is 0.395 bits per heavy atom. The molecule has 6 rings (SSSR count). The van der Waals surface area contributed by atoms with E-state index in [0.717, 1.165) is 22.3 Å². The summed E-state index contributed by atoms with van der Waals surface area (Å²) < 4.78 is 0. The van der Waals surface area contributed by atoms with Crippen LogP contribution in [0.5, 0.6) is 0 Å². The highest BCUT2D eigenvalue weighted by Crippen LogP contribution is 2.45. The quantitative estimate of drug-likeness (QED) is 0.282. The summed E-state index contributed by atoms with van der Waals surface area (Å²) in [6.45, 7) is 0. The van der Waals surface area contributed by atoms with E-state index in [-0.39, 0.29) is 41.8 Å². The predicted molar refractivity (Wildman–Crippen MR) is 153 cm³/mol. The fourth-order valence-electron chi connectivity index (χ4n) is 6.32. The molecule has 2 bridgehead atoms. The Hall–Kier alpha value is -2.37. The van der Waals surface area contributed by atoms with Gasteiger partial charge in [-0.2, -0.15) is 0 Å². The lowest BCUT2D eigenvalue weighted by Gasteiger charge is -2.47. The first kappa shape index (κ1) is 25.9. The third-order valence-corrected chi connectivity index (χ3v) is 9.06. The number of benzene rings is 4. The molecule has 7 heteroatoms. The number of hydrogen-bond acceptors (Lipinski definition) is 1. The van der Waals surface area contributed by atoms with Crippen LogP contribution < -0.4 is 10.6 Å². The lowest BCUT2D eigenvalue weighted by molar-refractivity contribution is -0.815. The Bertz CT molecular complexity index is 1230. The highest BCUT2D eigenvalue weighted by atomic mass is 35.5. The van der Waals surface area contributed by atoms with Crippen LogP contribution in [0.3, 0.4) is 0 Å². The van der Waals surface area contributed by atoms with Crippen molar-refractivity contribution >= 4 is 52.2 Å². The van der Waals surface area contributed by atoms with Gasteiger partial charge < -0.3 is 10.6 Å². The Morgan fingerprint density at radius 2 is 0.605 bits per heavy atom. The van der Waals surface area contributed by atoms with Gasteiger partial charge in [-0.1, -0.05) is 94.9 Å². The molecule has 2 saturated heterocycles. The zero-order valence-electron chi connectivity index (χ0n) is 20.3. The zero-order valence-corrected chi connectivity index (χ0v) is 23.3. The number of ketones is 1. The molecule has 4 aromatic rings. The van der Waals surface area contributed by atoms with E-state index in [2.05, 4.69) is 10.6 Å². The van der Waals surface area contributed by atoms with E-state index in [4.69, 9.17) is 46.4 Å². The van der Waals surface area contributed by atoms with Crippen molar-refractivity contribution in [2.24, 2.45) is 11.8 Å². The number of hydrogen-bond donors (Lipinski definition) is 2. The van der Waals surface area contributed by atoms with Gasteiger partial charge in [-0.3, -0.25) is 4.79 Å². The van der Waals surface area contributed by atoms with Crippen molar-refractivity contribution in [3.05, 3.63) is 139 Å². The minimum atomic E-state index is -0.241. The fraction of sp³-hybridized carbons (Fsp3) is 0.194. The van der Waals surface area contributed by atoms with E-state index in [0.29, 0.717) is 20.1 Å². The van der Waals surface area contributed by atoms with Crippen LogP contribution in [0.15, 0.2) is 97.1 Å². The van der Waals surface area contributed by atoms with E-state index < -0.39 is 0 Å². The topological polar surface area (TPSA) is 50.3 Å². The lowest BCUT2D eigenvalue weighted by atomic mass is 9.64. The van der Waals surface area contributed by atoms with Crippen molar-refractivity contribution < 1.29 is 15.4 Å². The van der Waals surface area contributed by atoms with E-state index in [1.54, 1.807) is 0 Å². The molecule has 4 aromatic carbocycles. The molecular formula is C31H26Cl4N2O+2. The average molecular weight is 584 g/mol. The highest BCUT2D eigenvalue weighted by molar-refractivity contribution is 6.31. The molecule has 2 fully saturated rings. The molecule has 38 heavy (non-hydrogen) atoms. The Kier molecular flexibility index (Phi) is 7.26. The van der Waals surface area contributed by atoms with Gasteiger partial charge in [-0.05, 0) is 48.5 Å². The Labute approximate surface area is 242 Å². The first-order valence-corrected chi connectivity index (χ1v) is 14.2. The second-order valence-corrected chi connectivity index (χ2v) is 11.9. The van der Waals surface area contributed by atoms with Gasteiger partial charge in [-0.25, -0.2) is 0 Å². The van der Waals surface area contributed by atoms with Crippen molar-refractivity contribution in [1.82, 2.24) is 0 Å². The molecule has 0 aromatic heterocycles. The maximum atomic E-state index is 14.7. The number of carbonyl (C=O) groups excluding carboxylic acids is 1. The summed E-state index contributed by atoms with van der Waals surface area (Å²) in [7, 11) is 0. The molecule has 2 heterocycles. The number of fused-ring (bicyclic) bond motifs is 2. The molecule has 6 atom stereocenters. The van der Waals surface area contributed by atoms with E-state index in [9.17, 15) is 4.79 Å². The van der Waals surface area contributed by atoms with Gasteiger partial charge >= 0.3 is 0 Å². The summed E-state index contributed by atoms with van der Waals surface area (Å²) >= 11 is 25.0. The lowest BCUT2D eigenvalue weighted by Crippen LogP contribution is -3.02. The molecule has 2 aliphatic rings. The fourth-order valence-corrected chi connectivity index (χ4v) is 6.82. The molecule has 0 aliphatic carbocycles. The summed E-state index contributed by atoms with van der Waals surface area (Å²) in [5.41, 5.74) is 4.34. The van der Waals surface area contributed by atoms with Crippen LogP contribution in [0.1, 0.15) is 46.4 Å². The first-order chi connectivity index (χ1) is 18.4. The van der Waals surface area contributed by atoms with Crippen molar-refractivity contribution in [1.29, 1.82) is 0 Å². The van der Waals surface area contributed by atoms with Gasteiger partial charge in [0.2, 0.25) is 0 Å². The van der Waals surface area contributed by atoms with Crippen LogP contribution in [-0.2, 0) is 4.79 Å². The molecule has 0 radical (unpaired) electrons. The third-order valence-electron chi connectivity index (χ3n) is 8.05. The minimum absolute atomic E-state index is 0.0835. The third kappa shape index (κ3) is 4.88. The van der Waals surface area contributed by atoms with E-state index in [1.165, 1.54) is 0 Å². The van der Waals surface area contributed by atoms with Crippen molar-refractivity contribution in [2.45, 2.75) is 24.2 Å². The van der Waals surface area contributed by atoms with Crippen LogP contribution in [0.2, 0.25) is 20.1 Å². The number of halogens is 4. The number of quaternary nitrogens is 2. The normalized spacial score (nSPS) is 26.8. The molecule has 3 nitrogen and oxygen atoms in total. The standard InChI is InChI=1S/C31H24Cl4N2O/c32-21-9-1-17(2-10-21)27-25-28(18-3-11-22(33)12-4-18)37-30(20-7-15-24(35)16-8-20)26(31(25)38)29(36-27)19-5-13-23(34)14-6-19/h1-16,25-30,36-37H/p+2/t25?,26?,27-,28-,29-,30+/m0/s1. The zero-order chi connectivity index (χ0) is 26.4. The number of nitrogens with two attached hydrogens (primary N) is 2. The van der Waals surface area contributed by atoms with Crippen LogP contribution in [0, 0.1) is 11.8 Å². The van der Waals surface area contributed by atoms with Crippen LogP contribution >= 0.6 is 46.4 Å². The monoisotopic (exact) mass is 582 g/mol. The van der Waals surface area contributed by atoms with Gasteiger partial charge in [0.15, 0.2) is 5.78 Å².